The molecule has 3 atom stereocenters. The van der Waals surface area contributed by atoms with Crippen LogP contribution in [0, 0.1) is 5.82 Å². The van der Waals surface area contributed by atoms with E-state index in [0.29, 0.717) is 31.1 Å². The summed E-state index contributed by atoms with van der Waals surface area (Å²) in [6.45, 7) is 6.19. The maximum Gasteiger partial charge on any atom is 0.239 e. The van der Waals surface area contributed by atoms with Gasteiger partial charge in [0.25, 0.3) is 0 Å². The van der Waals surface area contributed by atoms with Gasteiger partial charge >= 0.3 is 0 Å². The predicted octanol–water partition coefficient (Wildman–Crippen LogP) is 2.93. The molecule has 160 valence electrons. The number of fused-ring (bicyclic) bond motifs is 1. The standard InChI is InChI=1S/C22H27ClFN5O/c1-13-3-6-19-20(13)21(27-12-26-19)29-8-7-28(11-14(29)2)22(30)18(25)10-15-4-5-16(23)17(24)9-15/h4-5,9,12-14,18H,3,6-8,10-11,25H2,1-2H3. The first-order chi connectivity index (χ1) is 14.3. The van der Waals surface area contributed by atoms with Gasteiger partial charge in [0.1, 0.15) is 18.0 Å². The van der Waals surface area contributed by atoms with Crippen molar-refractivity contribution < 1.29 is 9.18 Å². The van der Waals surface area contributed by atoms with Gasteiger partial charge < -0.3 is 15.5 Å². The van der Waals surface area contributed by atoms with Gasteiger partial charge in [-0.25, -0.2) is 14.4 Å². The Balaban J connectivity index is 1.42. The van der Waals surface area contributed by atoms with E-state index in [1.807, 2.05) is 4.90 Å². The Kier molecular flexibility index (Phi) is 5.93. The highest BCUT2D eigenvalue weighted by atomic mass is 35.5. The number of aryl methyl sites for hydroxylation is 1. The molecule has 1 aromatic heterocycles. The first kappa shape index (κ1) is 21.0. The van der Waals surface area contributed by atoms with Gasteiger partial charge in [0, 0.05) is 36.9 Å². The lowest BCUT2D eigenvalue weighted by Gasteiger charge is -2.42. The summed E-state index contributed by atoms with van der Waals surface area (Å²) in [6.07, 6.45) is 4.03. The van der Waals surface area contributed by atoms with Crippen LogP contribution in [0.1, 0.15) is 43.0 Å². The Morgan fingerprint density at radius 2 is 2.13 bits per heavy atom. The first-order valence-electron chi connectivity index (χ1n) is 10.4. The van der Waals surface area contributed by atoms with Crippen molar-refractivity contribution in [3.63, 3.8) is 0 Å². The Morgan fingerprint density at radius 1 is 1.33 bits per heavy atom. The zero-order valence-electron chi connectivity index (χ0n) is 17.3. The number of hydrogen-bond acceptors (Lipinski definition) is 5. The molecule has 2 aliphatic rings. The van der Waals surface area contributed by atoms with Crippen LogP contribution in [0.3, 0.4) is 0 Å². The number of hydrogen-bond donors (Lipinski definition) is 1. The van der Waals surface area contributed by atoms with E-state index in [1.165, 1.54) is 17.7 Å². The molecule has 1 fully saturated rings. The van der Waals surface area contributed by atoms with Crippen LogP contribution < -0.4 is 10.6 Å². The van der Waals surface area contributed by atoms with Gasteiger partial charge in [-0.1, -0.05) is 24.6 Å². The van der Waals surface area contributed by atoms with E-state index >= 15 is 0 Å². The molecular weight excluding hydrogens is 405 g/mol. The van der Waals surface area contributed by atoms with Crippen LogP contribution >= 0.6 is 11.6 Å². The molecule has 3 unspecified atom stereocenters. The second kappa shape index (κ2) is 8.47. The minimum Gasteiger partial charge on any atom is -0.350 e. The van der Waals surface area contributed by atoms with E-state index in [1.54, 1.807) is 12.4 Å². The maximum absolute atomic E-state index is 13.7. The number of carbonyl (C=O) groups is 1. The molecular formula is C22H27ClFN5O. The van der Waals surface area contributed by atoms with Crippen molar-refractivity contribution in [1.82, 2.24) is 14.9 Å². The van der Waals surface area contributed by atoms with Gasteiger partial charge in [-0.3, -0.25) is 4.79 Å². The summed E-state index contributed by atoms with van der Waals surface area (Å²) < 4.78 is 13.7. The number of carbonyl (C=O) groups excluding carboxylic acids is 1. The monoisotopic (exact) mass is 431 g/mol. The van der Waals surface area contributed by atoms with Gasteiger partial charge in [-0.05, 0) is 49.8 Å². The molecule has 30 heavy (non-hydrogen) atoms. The largest absolute Gasteiger partial charge is 0.350 e. The molecule has 0 saturated carbocycles. The quantitative estimate of drug-likeness (QED) is 0.805. The predicted molar refractivity (Wildman–Crippen MR) is 115 cm³/mol. The van der Waals surface area contributed by atoms with Crippen LogP contribution in [-0.2, 0) is 17.6 Å². The summed E-state index contributed by atoms with van der Waals surface area (Å²) in [4.78, 5) is 26.1. The summed E-state index contributed by atoms with van der Waals surface area (Å²) in [5, 5.41) is 0.0640. The molecule has 2 aromatic rings. The fourth-order valence-corrected chi connectivity index (χ4v) is 4.68. The SMILES string of the molecule is CC1CCc2ncnc(N3CCN(C(=O)C(N)Cc4ccc(Cl)c(F)c4)CC3C)c21. The van der Waals surface area contributed by atoms with Crippen LogP contribution in [0.15, 0.2) is 24.5 Å². The Morgan fingerprint density at radius 3 is 2.87 bits per heavy atom. The van der Waals surface area contributed by atoms with Crippen LogP contribution in [0.25, 0.3) is 0 Å². The average molecular weight is 432 g/mol. The van der Waals surface area contributed by atoms with E-state index in [2.05, 4.69) is 28.7 Å². The minimum atomic E-state index is -0.715. The second-order valence-electron chi connectivity index (χ2n) is 8.38. The van der Waals surface area contributed by atoms with Crippen LogP contribution in [0.5, 0.6) is 0 Å². The lowest BCUT2D eigenvalue weighted by Crippen LogP contribution is -2.57. The van der Waals surface area contributed by atoms with Gasteiger partial charge in [0.15, 0.2) is 0 Å². The zero-order chi connectivity index (χ0) is 21.4. The van der Waals surface area contributed by atoms with Gasteiger partial charge in [-0.2, -0.15) is 0 Å². The third-order valence-corrected chi connectivity index (χ3v) is 6.53. The summed E-state index contributed by atoms with van der Waals surface area (Å²) >= 11 is 5.73. The van der Waals surface area contributed by atoms with Crippen LogP contribution in [-0.4, -0.2) is 52.5 Å². The van der Waals surface area contributed by atoms with Gasteiger partial charge in [-0.15, -0.1) is 0 Å². The Bertz CT molecular complexity index is 955. The van der Waals surface area contributed by atoms with E-state index in [4.69, 9.17) is 17.3 Å². The number of amides is 1. The molecule has 2 heterocycles. The highest BCUT2D eigenvalue weighted by molar-refractivity contribution is 6.30. The van der Waals surface area contributed by atoms with Gasteiger partial charge in [0.2, 0.25) is 5.91 Å². The number of halogens is 2. The molecule has 6 nitrogen and oxygen atoms in total. The topological polar surface area (TPSA) is 75.4 Å². The summed E-state index contributed by atoms with van der Waals surface area (Å²) in [7, 11) is 0. The molecule has 0 spiro atoms. The van der Waals surface area contributed by atoms with Crippen molar-refractivity contribution in [2.75, 3.05) is 24.5 Å². The molecule has 1 saturated heterocycles. The number of rotatable bonds is 4. The third kappa shape index (κ3) is 4.01. The normalized spacial score (nSPS) is 22.2. The van der Waals surface area contributed by atoms with Crippen LogP contribution in [0.4, 0.5) is 10.2 Å². The number of aromatic nitrogens is 2. The molecule has 1 amide bonds. The Hall–Kier alpha value is -2.25. The summed E-state index contributed by atoms with van der Waals surface area (Å²) in [5.41, 5.74) is 9.24. The smallest absolute Gasteiger partial charge is 0.239 e. The highest BCUT2D eigenvalue weighted by Crippen LogP contribution is 2.38. The highest BCUT2D eigenvalue weighted by Gasteiger charge is 2.33. The van der Waals surface area contributed by atoms with Crippen molar-refractivity contribution in [3.8, 4) is 0 Å². The molecule has 1 aromatic carbocycles. The minimum absolute atomic E-state index is 0.0640. The summed E-state index contributed by atoms with van der Waals surface area (Å²) in [6, 6.07) is 3.94. The lowest BCUT2D eigenvalue weighted by molar-refractivity contribution is -0.133. The third-order valence-electron chi connectivity index (χ3n) is 6.22. The van der Waals surface area contributed by atoms with Crippen molar-refractivity contribution in [2.24, 2.45) is 5.73 Å². The van der Waals surface area contributed by atoms with E-state index in [-0.39, 0.29) is 23.4 Å². The number of benzene rings is 1. The number of nitrogens with two attached hydrogens (primary N) is 1. The summed E-state index contributed by atoms with van der Waals surface area (Å²) in [5.74, 6) is 0.850. The molecule has 0 radical (unpaired) electrons. The van der Waals surface area contributed by atoms with Crippen molar-refractivity contribution in [2.45, 2.75) is 51.1 Å². The molecule has 4 rings (SSSR count). The lowest BCUT2D eigenvalue weighted by atomic mass is 10.0. The molecule has 8 heteroatoms. The van der Waals surface area contributed by atoms with Crippen molar-refractivity contribution in [1.29, 1.82) is 0 Å². The zero-order valence-corrected chi connectivity index (χ0v) is 18.1. The molecule has 0 bridgehead atoms. The van der Waals surface area contributed by atoms with E-state index in [0.717, 1.165) is 24.4 Å². The van der Waals surface area contributed by atoms with Crippen molar-refractivity contribution >= 4 is 23.3 Å². The number of nitrogens with zero attached hydrogens (tertiary/aromatic N) is 4. The van der Waals surface area contributed by atoms with Gasteiger partial charge in [0.05, 0.1) is 11.1 Å². The molecule has 1 aliphatic carbocycles. The molecule has 1 aliphatic heterocycles. The maximum atomic E-state index is 13.7. The molecule has 2 N–H and O–H groups in total. The fourth-order valence-electron chi connectivity index (χ4n) is 4.57. The van der Waals surface area contributed by atoms with E-state index < -0.39 is 11.9 Å². The van der Waals surface area contributed by atoms with E-state index in [9.17, 15) is 9.18 Å². The second-order valence-corrected chi connectivity index (χ2v) is 8.79. The van der Waals surface area contributed by atoms with Crippen LogP contribution in [0.2, 0.25) is 5.02 Å². The van der Waals surface area contributed by atoms with Crippen molar-refractivity contribution in [3.05, 3.63) is 52.2 Å². The fraction of sp³-hybridized carbons (Fsp3) is 0.500. The first-order valence-corrected chi connectivity index (χ1v) is 10.8. The average Bonchev–Trinajstić information content (AvgIpc) is 3.11. The number of piperazine rings is 1. The Labute approximate surface area is 181 Å². The number of anilines is 1.